The predicted molar refractivity (Wildman–Crippen MR) is 60.2 cm³/mol. The zero-order valence-corrected chi connectivity index (χ0v) is 9.54. The van der Waals surface area contributed by atoms with E-state index < -0.39 is 0 Å². The first-order valence-corrected chi connectivity index (χ1v) is 5.24. The lowest BCUT2D eigenvalue weighted by molar-refractivity contribution is 0.414. The molecule has 0 heterocycles. The zero-order chi connectivity index (χ0) is 8.97. The molecule has 0 N–H and O–H groups in total. The minimum Gasteiger partial charge on any atom is -0.497 e. The third kappa shape index (κ3) is 3.01. The highest BCUT2D eigenvalue weighted by Crippen LogP contribution is 2.14. The summed E-state index contributed by atoms with van der Waals surface area (Å²) in [4.78, 5) is 0. The fourth-order valence-corrected chi connectivity index (χ4v) is 1.59. The van der Waals surface area contributed by atoms with Crippen LogP contribution in [0.15, 0.2) is 24.3 Å². The Balaban J connectivity index is 2.65. The van der Waals surface area contributed by atoms with Gasteiger partial charge < -0.3 is 4.74 Å². The minimum atomic E-state index is 0.691. The molecule has 0 amide bonds. The van der Waals surface area contributed by atoms with E-state index in [1.165, 1.54) is 5.56 Å². The Kier molecular flexibility index (Phi) is 3.85. The largest absolute Gasteiger partial charge is 0.497 e. The maximum atomic E-state index is 5.07. The van der Waals surface area contributed by atoms with Crippen molar-refractivity contribution in [3.63, 3.8) is 0 Å². The van der Waals surface area contributed by atoms with Crippen molar-refractivity contribution in [3.05, 3.63) is 29.8 Å². The van der Waals surface area contributed by atoms with E-state index in [9.17, 15) is 0 Å². The molecule has 0 aromatic heterocycles. The van der Waals surface area contributed by atoms with Gasteiger partial charge in [0.15, 0.2) is 0 Å². The molecule has 0 fully saturated rings. The van der Waals surface area contributed by atoms with Crippen molar-refractivity contribution < 1.29 is 4.74 Å². The second-order valence-electron chi connectivity index (χ2n) is 2.83. The van der Waals surface area contributed by atoms with E-state index in [1.807, 2.05) is 12.1 Å². The lowest BCUT2D eigenvalue weighted by Gasteiger charge is -2.04. The van der Waals surface area contributed by atoms with Crippen LogP contribution in [0.4, 0.5) is 0 Å². The van der Waals surface area contributed by atoms with Crippen molar-refractivity contribution in [2.75, 3.05) is 7.11 Å². The molecule has 2 heteroatoms. The molecule has 0 radical (unpaired) electrons. The van der Waals surface area contributed by atoms with Crippen LogP contribution in [0.3, 0.4) is 0 Å². The highest BCUT2D eigenvalue weighted by atomic mass is 127. The van der Waals surface area contributed by atoms with Gasteiger partial charge in [-0.2, -0.15) is 0 Å². The van der Waals surface area contributed by atoms with Crippen LogP contribution in [-0.2, 0) is 6.42 Å². The average molecular weight is 276 g/mol. The standard InChI is InChI=1S/C10H13IO/c1-8(11)7-9-3-5-10(12-2)6-4-9/h3-6,8H,7H2,1-2H3/t8-/m1/s1. The summed E-state index contributed by atoms with van der Waals surface area (Å²) in [5.41, 5.74) is 1.37. The quantitative estimate of drug-likeness (QED) is 0.609. The molecular weight excluding hydrogens is 263 g/mol. The van der Waals surface area contributed by atoms with E-state index in [4.69, 9.17) is 4.74 Å². The first-order valence-electron chi connectivity index (χ1n) is 3.99. The second-order valence-corrected chi connectivity index (χ2v) is 4.96. The molecule has 1 rings (SSSR count). The summed E-state index contributed by atoms with van der Waals surface area (Å²) >= 11 is 2.43. The summed E-state index contributed by atoms with van der Waals surface area (Å²) in [5, 5.41) is 0. The van der Waals surface area contributed by atoms with Crippen LogP contribution < -0.4 is 4.74 Å². The van der Waals surface area contributed by atoms with Crippen LogP contribution in [0.5, 0.6) is 5.75 Å². The van der Waals surface area contributed by atoms with Gasteiger partial charge in [0.1, 0.15) is 5.75 Å². The SMILES string of the molecule is COc1ccc(C[C@@H](C)I)cc1. The van der Waals surface area contributed by atoms with Crippen LogP contribution in [0, 0.1) is 0 Å². The maximum absolute atomic E-state index is 5.07. The molecule has 1 nitrogen and oxygen atoms in total. The first kappa shape index (κ1) is 9.84. The van der Waals surface area contributed by atoms with Gasteiger partial charge in [0, 0.05) is 3.92 Å². The zero-order valence-electron chi connectivity index (χ0n) is 7.38. The van der Waals surface area contributed by atoms with Crippen LogP contribution in [0.1, 0.15) is 12.5 Å². The van der Waals surface area contributed by atoms with Crippen molar-refractivity contribution in [2.45, 2.75) is 17.3 Å². The number of alkyl halides is 1. The lowest BCUT2D eigenvalue weighted by Crippen LogP contribution is -1.95. The number of hydrogen-bond donors (Lipinski definition) is 0. The smallest absolute Gasteiger partial charge is 0.118 e. The van der Waals surface area contributed by atoms with Gasteiger partial charge >= 0.3 is 0 Å². The predicted octanol–water partition coefficient (Wildman–Crippen LogP) is 3.06. The summed E-state index contributed by atoms with van der Waals surface area (Å²) in [6, 6.07) is 8.25. The number of halogens is 1. The monoisotopic (exact) mass is 276 g/mol. The molecular formula is C10H13IO. The lowest BCUT2D eigenvalue weighted by atomic mass is 10.1. The highest BCUT2D eigenvalue weighted by molar-refractivity contribution is 14.1. The summed E-state index contributed by atoms with van der Waals surface area (Å²) in [7, 11) is 1.69. The van der Waals surface area contributed by atoms with Crippen LogP contribution >= 0.6 is 22.6 Å². The van der Waals surface area contributed by atoms with Gasteiger partial charge in [-0.1, -0.05) is 41.6 Å². The molecule has 0 aliphatic heterocycles. The van der Waals surface area contributed by atoms with Crippen molar-refractivity contribution >= 4 is 22.6 Å². The Morgan fingerprint density at radius 1 is 1.33 bits per heavy atom. The number of methoxy groups -OCH3 is 1. The van der Waals surface area contributed by atoms with Crippen LogP contribution in [0.25, 0.3) is 0 Å². The van der Waals surface area contributed by atoms with Crippen LogP contribution in [0.2, 0.25) is 0 Å². The summed E-state index contributed by atoms with van der Waals surface area (Å²) in [6.07, 6.45) is 1.13. The van der Waals surface area contributed by atoms with Crippen molar-refractivity contribution in [1.82, 2.24) is 0 Å². The van der Waals surface area contributed by atoms with E-state index >= 15 is 0 Å². The van der Waals surface area contributed by atoms with Gasteiger partial charge in [-0.3, -0.25) is 0 Å². The molecule has 1 atom stereocenters. The molecule has 0 saturated carbocycles. The Hall–Kier alpha value is -0.250. The van der Waals surface area contributed by atoms with Crippen LogP contribution in [-0.4, -0.2) is 11.0 Å². The molecule has 0 aliphatic rings. The molecule has 0 saturated heterocycles. The first-order chi connectivity index (χ1) is 5.72. The van der Waals surface area contributed by atoms with Gasteiger partial charge in [0.05, 0.1) is 7.11 Å². The summed E-state index contributed by atoms with van der Waals surface area (Å²) < 4.78 is 5.76. The van der Waals surface area contributed by atoms with E-state index in [0.717, 1.165) is 12.2 Å². The Bertz CT molecular complexity index is 228. The Morgan fingerprint density at radius 3 is 2.33 bits per heavy atom. The molecule has 0 unspecified atom stereocenters. The van der Waals surface area contributed by atoms with Crippen molar-refractivity contribution in [1.29, 1.82) is 0 Å². The van der Waals surface area contributed by atoms with Crippen molar-refractivity contribution in [3.8, 4) is 5.75 Å². The molecule has 0 bridgehead atoms. The fraction of sp³-hybridized carbons (Fsp3) is 0.400. The fourth-order valence-electron chi connectivity index (χ4n) is 1.09. The highest BCUT2D eigenvalue weighted by Gasteiger charge is 1.98. The third-order valence-corrected chi connectivity index (χ3v) is 2.12. The van der Waals surface area contributed by atoms with Gasteiger partial charge in [-0.25, -0.2) is 0 Å². The second kappa shape index (κ2) is 4.70. The number of hydrogen-bond acceptors (Lipinski definition) is 1. The molecule has 0 spiro atoms. The number of rotatable bonds is 3. The Labute approximate surface area is 87.3 Å². The summed E-state index contributed by atoms with van der Waals surface area (Å²) in [6.45, 7) is 2.21. The van der Waals surface area contributed by atoms with Gasteiger partial charge in [-0.15, -0.1) is 0 Å². The van der Waals surface area contributed by atoms with E-state index in [-0.39, 0.29) is 0 Å². The van der Waals surface area contributed by atoms with Gasteiger partial charge in [0.2, 0.25) is 0 Å². The van der Waals surface area contributed by atoms with E-state index in [2.05, 4.69) is 41.6 Å². The molecule has 1 aromatic carbocycles. The van der Waals surface area contributed by atoms with Crippen molar-refractivity contribution in [2.24, 2.45) is 0 Å². The minimum absolute atomic E-state index is 0.691. The number of ether oxygens (including phenoxy) is 1. The van der Waals surface area contributed by atoms with E-state index in [1.54, 1.807) is 7.11 Å². The Morgan fingerprint density at radius 2 is 1.92 bits per heavy atom. The molecule has 12 heavy (non-hydrogen) atoms. The summed E-state index contributed by atoms with van der Waals surface area (Å²) in [5.74, 6) is 0.930. The van der Waals surface area contributed by atoms with Gasteiger partial charge in [-0.05, 0) is 24.1 Å². The maximum Gasteiger partial charge on any atom is 0.118 e. The van der Waals surface area contributed by atoms with Gasteiger partial charge in [0.25, 0.3) is 0 Å². The average Bonchev–Trinajstić information content (AvgIpc) is 2.05. The third-order valence-electron chi connectivity index (χ3n) is 1.68. The van der Waals surface area contributed by atoms with E-state index in [0.29, 0.717) is 3.92 Å². The molecule has 0 aliphatic carbocycles. The number of benzene rings is 1. The normalized spacial score (nSPS) is 12.6. The molecule has 1 aromatic rings. The topological polar surface area (TPSA) is 9.23 Å². The molecule has 66 valence electrons.